The molecule has 118 valence electrons. The minimum absolute atomic E-state index is 0.0144. The van der Waals surface area contributed by atoms with Gasteiger partial charge in [-0.25, -0.2) is 4.79 Å². The molecule has 1 aromatic carbocycles. The van der Waals surface area contributed by atoms with E-state index in [0.717, 1.165) is 0 Å². The van der Waals surface area contributed by atoms with E-state index in [0.29, 0.717) is 12.2 Å². The third kappa shape index (κ3) is 5.09. The van der Waals surface area contributed by atoms with E-state index in [-0.39, 0.29) is 18.4 Å². The van der Waals surface area contributed by atoms with Crippen LogP contribution in [0, 0.1) is 17.2 Å². The molecule has 3 amide bonds. The Balaban J connectivity index is 2.73. The molecule has 0 fully saturated rings. The molecule has 1 unspecified atom stereocenters. The van der Waals surface area contributed by atoms with E-state index in [1.54, 1.807) is 19.1 Å². The lowest BCUT2D eigenvalue weighted by Crippen LogP contribution is -2.52. The SMILES string of the molecule is CCN(CC#N)C(=O)C(NC(=O)Nc1ccccc1)C(C)C. The lowest BCUT2D eigenvalue weighted by atomic mass is 10.0. The Labute approximate surface area is 131 Å². The lowest BCUT2D eigenvalue weighted by Gasteiger charge is -2.27. The number of para-hydroxylation sites is 1. The summed E-state index contributed by atoms with van der Waals surface area (Å²) in [6, 6.07) is 9.86. The van der Waals surface area contributed by atoms with Crippen molar-refractivity contribution in [2.24, 2.45) is 5.92 Å². The van der Waals surface area contributed by atoms with Crippen molar-refractivity contribution < 1.29 is 9.59 Å². The molecule has 0 spiro atoms. The summed E-state index contributed by atoms with van der Waals surface area (Å²) in [5, 5.41) is 14.1. The number of hydrogen-bond donors (Lipinski definition) is 2. The standard InChI is InChI=1S/C16H22N4O2/c1-4-20(11-10-17)15(21)14(12(2)3)19-16(22)18-13-8-6-5-7-9-13/h5-9,12,14H,4,11H2,1-3H3,(H2,18,19,22). The van der Waals surface area contributed by atoms with Crippen LogP contribution in [0.4, 0.5) is 10.5 Å². The van der Waals surface area contributed by atoms with Crippen molar-refractivity contribution in [2.45, 2.75) is 26.8 Å². The van der Waals surface area contributed by atoms with Gasteiger partial charge in [0.15, 0.2) is 0 Å². The summed E-state index contributed by atoms with van der Waals surface area (Å²) in [6.07, 6.45) is 0. The molecule has 0 radical (unpaired) electrons. The zero-order chi connectivity index (χ0) is 16.5. The maximum Gasteiger partial charge on any atom is 0.319 e. The highest BCUT2D eigenvalue weighted by Crippen LogP contribution is 2.08. The van der Waals surface area contributed by atoms with Crippen LogP contribution >= 0.6 is 0 Å². The minimum Gasteiger partial charge on any atom is -0.328 e. The third-order valence-corrected chi connectivity index (χ3v) is 3.21. The number of likely N-dealkylation sites (N-methyl/N-ethyl adjacent to an activating group) is 1. The van der Waals surface area contributed by atoms with Gasteiger partial charge in [0.2, 0.25) is 5.91 Å². The van der Waals surface area contributed by atoms with Gasteiger partial charge in [-0.1, -0.05) is 32.0 Å². The van der Waals surface area contributed by atoms with Gasteiger partial charge in [0, 0.05) is 12.2 Å². The normalized spacial score (nSPS) is 11.4. The van der Waals surface area contributed by atoms with Gasteiger partial charge < -0.3 is 15.5 Å². The molecule has 0 saturated carbocycles. The van der Waals surface area contributed by atoms with Gasteiger partial charge in [-0.05, 0) is 25.0 Å². The average molecular weight is 302 g/mol. The molecule has 0 aliphatic carbocycles. The molecule has 0 bridgehead atoms. The molecule has 6 heteroatoms. The Hall–Kier alpha value is -2.55. The van der Waals surface area contributed by atoms with E-state index in [9.17, 15) is 9.59 Å². The van der Waals surface area contributed by atoms with Crippen LogP contribution in [0.5, 0.6) is 0 Å². The van der Waals surface area contributed by atoms with Crippen LogP contribution in [0.15, 0.2) is 30.3 Å². The molecule has 0 aliphatic heterocycles. The van der Waals surface area contributed by atoms with Crippen LogP contribution in [0.1, 0.15) is 20.8 Å². The molecule has 22 heavy (non-hydrogen) atoms. The summed E-state index contributed by atoms with van der Waals surface area (Å²) in [6.45, 7) is 5.95. The zero-order valence-electron chi connectivity index (χ0n) is 13.2. The Morgan fingerprint density at radius 2 is 1.91 bits per heavy atom. The molecule has 2 N–H and O–H groups in total. The molecular weight excluding hydrogens is 280 g/mol. The van der Waals surface area contributed by atoms with E-state index in [1.807, 2.05) is 38.1 Å². The number of nitrogens with one attached hydrogen (secondary N) is 2. The van der Waals surface area contributed by atoms with Crippen molar-refractivity contribution in [1.82, 2.24) is 10.2 Å². The maximum absolute atomic E-state index is 12.4. The third-order valence-electron chi connectivity index (χ3n) is 3.21. The highest BCUT2D eigenvalue weighted by atomic mass is 16.2. The predicted octanol–water partition coefficient (Wildman–Crippen LogP) is 2.20. The van der Waals surface area contributed by atoms with Gasteiger partial charge in [-0.2, -0.15) is 5.26 Å². The van der Waals surface area contributed by atoms with E-state index in [1.165, 1.54) is 4.90 Å². The fraction of sp³-hybridized carbons (Fsp3) is 0.438. The second kappa shape index (κ2) is 8.67. The number of hydrogen-bond acceptors (Lipinski definition) is 3. The Bertz CT molecular complexity index is 537. The molecule has 0 saturated heterocycles. The number of amides is 3. The van der Waals surface area contributed by atoms with Crippen LogP contribution in [-0.4, -0.2) is 36.0 Å². The van der Waals surface area contributed by atoms with Crippen molar-refractivity contribution in [3.8, 4) is 6.07 Å². The highest BCUT2D eigenvalue weighted by Gasteiger charge is 2.27. The van der Waals surface area contributed by atoms with Gasteiger partial charge >= 0.3 is 6.03 Å². The van der Waals surface area contributed by atoms with E-state index < -0.39 is 12.1 Å². The number of carbonyl (C=O) groups excluding carboxylic acids is 2. The quantitative estimate of drug-likeness (QED) is 0.790. The maximum atomic E-state index is 12.4. The number of nitrogens with zero attached hydrogens (tertiary/aromatic N) is 2. The largest absolute Gasteiger partial charge is 0.328 e. The van der Waals surface area contributed by atoms with Crippen molar-refractivity contribution in [3.05, 3.63) is 30.3 Å². The number of nitriles is 1. The number of carbonyl (C=O) groups is 2. The Morgan fingerprint density at radius 3 is 2.41 bits per heavy atom. The average Bonchev–Trinajstić information content (AvgIpc) is 2.50. The van der Waals surface area contributed by atoms with Gasteiger partial charge in [-0.3, -0.25) is 4.79 Å². The molecule has 0 aliphatic rings. The van der Waals surface area contributed by atoms with Gasteiger partial charge in [0.1, 0.15) is 12.6 Å². The van der Waals surface area contributed by atoms with E-state index in [4.69, 9.17) is 5.26 Å². The van der Waals surface area contributed by atoms with Crippen molar-refractivity contribution >= 4 is 17.6 Å². The second-order valence-corrected chi connectivity index (χ2v) is 5.20. The zero-order valence-corrected chi connectivity index (χ0v) is 13.2. The first kappa shape index (κ1) is 17.5. The molecule has 0 heterocycles. The van der Waals surface area contributed by atoms with Crippen LogP contribution < -0.4 is 10.6 Å². The fourth-order valence-electron chi connectivity index (χ4n) is 1.97. The fourth-order valence-corrected chi connectivity index (χ4v) is 1.97. The molecule has 0 aromatic heterocycles. The van der Waals surface area contributed by atoms with Gasteiger partial charge in [-0.15, -0.1) is 0 Å². The second-order valence-electron chi connectivity index (χ2n) is 5.20. The smallest absolute Gasteiger partial charge is 0.319 e. The number of anilines is 1. The van der Waals surface area contributed by atoms with E-state index >= 15 is 0 Å². The first-order chi connectivity index (χ1) is 10.5. The Morgan fingerprint density at radius 1 is 1.27 bits per heavy atom. The van der Waals surface area contributed by atoms with Gasteiger partial charge in [0.05, 0.1) is 6.07 Å². The highest BCUT2D eigenvalue weighted by molar-refractivity contribution is 5.93. The first-order valence-electron chi connectivity index (χ1n) is 7.27. The molecular formula is C16H22N4O2. The van der Waals surface area contributed by atoms with Crippen molar-refractivity contribution in [3.63, 3.8) is 0 Å². The van der Waals surface area contributed by atoms with Crippen molar-refractivity contribution in [1.29, 1.82) is 5.26 Å². The molecule has 6 nitrogen and oxygen atoms in total. The van der Waals surface area contributed by atoms with E-state index in [2.05, 4.69) is 10.6 Å². The number of rotatable bonds is 6. The monoisotopic (exact) mass is 302 g/mol. The van der Waals surface area contributed by atoms with Gasteiger partial charge in [0.25, 0.3) is 0 Å². The summed E-state index contributed by atoms with van der Waals surface area (Å²) in [7, 11) is 0. The van der Waals surface area contributed by atoms with Crippen LogP contribution in [0.2, 0.25) is 0 Å². The molecule has 1 aromatic rings. The van der Waals surface area contributed by atoms with Crippen molar-refractivity contribution in [2.75, 3.05) is 18.4 Å². The summed E-state index contributed by atoms with van der Waals surface area (Å²) >= 11 is 0. The summed E-state index contributed by atoms with van der Waals surface area (Å²) in [4.78, 5) is 25.9. The number of benzene rings is 1. The number of urea groups is 1. The van der Waals surface area contributed by atoms with Crippen LogP contribution in [-0.2, 0) is 4.79 Å². The Kier molecular flexibility index (Phi) is 6.90. The lowest BCUT2D eigenvalue weighted by molar-refractivity contribution is -0.133. The summed E-state index contributed by atoms with van der Waals surface area (Å²) in [5.74, 6) is -0.330. The minimum atomic E-state index is -0.669. The molecule has 1 atom stereocenters. The molecule has 1 rings (SSSR count). The van der Waals surface area contributed by atoms with Crippen LogP contribution in [0.3, 0.4) is 0 Å². The topological polar surface area (TPSA) is 85.2 Å². The predicted molar refractivity (Wildman–Crippen MR) is 85.1 cm³/mol. The summed E-state index contributed by atoms with van der Waals surface area (Å²) in [5.41, 5.74) is 0.652. The first-order valence-corrected chi connectivity index (χ1v) is 7.27. The summed E-state index contributed by atoms with van der Waals surface area (Å²) < 4.78 is 0. The van der Waals surface area contributed by atoms with Crippen LogP contribution in [0.25, 0.3) is 0 Å².